The number of hydrogen-bond donors (Lipinski definition) is 1. The van der Waals surface area contributed by atoms with E-state index in [0.29, 0.717) is 23.6 Å². The van der Waals surface area contributed by atoms with Crippen molar-refractivity contribution in [1.82, 2.24) is 4.90 Å². The first-order valence-corrected chi connectivity index (χ1v) is 8.97. The topological polar surface area (TPSA) is 40.5 Å². The smallest absolute Gasteiger partial charge is 0.223 e. The molecule has 1 atom stereocenters. The number of carbonyl (C=O) groups is 1. The molecule has 3 nitrogen and oxygen atoms in total. The lowest BCUT2D eigenvalue weighted by Gasteiger charge is -2.26. The summed E-state index contributed by atoms with van der Waals surface area (Å²) < 4.78 is 14.3. The van der Waals surface area contributed by atoms with Crippen LogP contribution in [0.5, 0.6) is 5.75 Å². The zero-order valence-corrected chi connectivity index (χ0v) is 15.5. The standard InChI is InChI=1S/C21H21ClFNO2/c1-13(2)8-21(26)24-12-15(18-11-16(22)6-7-19(18)23)10-20(24)14-4-3-5-17(25)9-14/h3-7,9-11,13,20,25H,8,12H2,1-2H3. The first-order valence-electron chi connectivity index (χ1n) is 8.59. The number of nitrogens with zero attached hydrogens (tertiary/aromatic N) is 1. The lowest BCUT2D eigenvalue weighted by Crippen LogP contribution is -2.32. The molecule has 1 aliphatic rings. The van der Waals surface area contributed by atoms with E-state index in [2.05, 4.69) is 0 Å². The Kier molecular flexibility index (Phi) is 5.33. The predicted molar refractivity (Wildman–Crippen MR) is 101 cm³/mol. The third-order valence-electron chi connectivity index (χ3n) is 4.42. The number of halogens is 2. The Morgan fingerprint density at radius 2 is 2.08 bits per heavy atom. The van der Waals surface area contributed by atoms with Crippen LogP contribution in [0.25, 0.3) is 5.57 Å². The average molecular weight is 374 g/mol. The van der Waals surface area contributed by atoms with Crippen molar-refractivity contribution in [1.29, 1.82) is 0 Å². The van der Waals surface area contributed by atoms with Gasteiger partial charge in [0.25, 0.3) is 0 Å². The zero-order valence-electron chi connectivity index (χ0n) is 14.7. The van der Waals surface area contributed by atoms with Crippen molar-refractivity contribution in [2.45, 2.75) is 26.3 Å². The van der Waals surface area contributed by atoms with Crippen molar-refractivity contribution in [3.63, 3.8) is 0 Å². The van der Waals surface area contributed by atoms with E-state index in [0.717, 1.165) is 11.1 Å². The number of phenols is 1. The summed E-state index contributed by atoms with van der Waals surface area (Å²) in [5.41, 5.74) is 1.91. The molecule has 136 valence electrons. The predicted octanol–water partition coefficient (Wildman–Crippen LogP) is 5.20. The Hall–Kier alpha value is -2.33. The van der Waals surface area contributed by atoms with Gasteiger partial charge in [-0.25, -0.2) is 4.39 Å². The van der Waals surface area contributed by atoms with E-state index in [1.807, 2.05) is 26.0 Å². The van der Waals surface area contributed by atoms with Gasteiger partial charge in [-0.3, -0.25) is 4.79 Å². The van der Waals surface area contributed by atoms with Gasteiger partial charge in [-0.1, -0.05) is 43.7 Å². The molecule has 1 amide bonds. The second-order valence-corrected chi connectivity index (χ2v) is 7.41. The minimum absolute atomic E-state index is 0.00188. The maximum absolute atomic E-state index is 14.3. The van der Waals surface area contributed by atoms with Crippen molar-refractivity contribution in [2.24, 2.45) is 5.92 Å². The van der Waals surface area contributed by atoms with Crippen molar-refractivity contribution >= 4 is 23.1 Å². The van der Waals surface area contributed by atoms with E-state index in [4.69, 9.17) is 11.6 Å². The van der Waals surface area contributed by atoms with Crippen molar-refractivity contribution in [3.05, 3.63) is 70.5 Å². The second-order valence-electron chi connectivity index (χ2n) is 6.98. The van der Waals surface area contributed by atoms with E-state index in [9.17, 15) is 14.3 Å². The first-order chi connectivity index (χ1) is 12.3. The first kappa shape index (κ1) is 18.5. The van der Waals surface area contributed by atoms with Crippen LogP contribution in [0.3, 0.4) is 0 Å². The summed E-state index contributed by atoms with van der Waals surface area (Å²) in [4.78, 5) is 14.5. The average Bonchev–Trinajstić information content (AvgIpc) is 3.02. The Bertz CT molecular complexity index is 863. The fourth-order valence-corrected chi connectivity index (χ4v) is 3.40. The monoisotopic (exact) mass is 373 g/mol. The van der Waals surface area contributed by atoms with Crippen LogP contribution in [-0.2, 0) is 4.79 Å². The van der Waals surface area contributed by atoms with E-state index < -0.39 is 0 Å². The van der Waals surface area contributed by atoms with E-state index in [-0.39, 0.29) is 29.4 Å². The van der Waals surface area contributed by atoms with Gasteiger partial charge in [-0.15, -0.1) is 0 Å². The summed E-state index contributed by atoms with van der Waals surface area (Å²) >= 11 is 6.03. The number of rotatable bonds is 4. The number of amides is 1. The number of benzene rings is 2. The third-order valence-corrected chi connectivity index (χ3v) is 4.66. The molecule has 5 heteroatoms. The van der Waals surface area contributed by atoms with Crippen LogP contribution in [-0.4, -0.2) is 22.5 Å². The Balaban J connectivity index is 2.01. The van der Waals surface area contributed by atoms with Gasteiger partial charge >= 0.3 is 0 Å². The highest BCUT2D eigenvalue weighted by molar-refractivity contribution is 6.30. The van der Waals surface area contributed by atoms with Crippen LogP contribution < -0.4 is 0 Å². The summed E-state index contributed by atoms with van der Waals surface area (Å²) in [6.45, 7) is 4.29. The molecule has 2 aromatic rings. The van der Waals surface area contributed by atoms with E-state index >= 15 is 0 Å². The molecule has 1 heterocycles. The van der Waals surface area contributed by atoms with Crippen molar-refractivity contribution < 1.29 is 14.3 Å². The molecule has 0 radical (unpaired) electrons. The summed E-state index contributed by atoms with van der Waals surface area (Å²) in [6, 6.07) is 10.9. The van der Waals surface area contributed by atoms with Gasteiger partial charge in [-0.05, 0) is 47.4 Å². The Morgan fingerprint density at radius 3 is 2.77 bits per heavy atom. The van der Waals surface area contributed by atoms with Crippen molar-refractivity contribution in [2.75, 3.05) is 6.54 Å². The maximum Gasteiger partial charge on any atom is 0.223 e. The fourth-order valence-electron chi connectivity index (χ4n) is 3.23. The number of hydrogen-bond acceptors (Lipinski definition) is 2. The molecule has 0 aromatic heterocycles. The molecule has 1 N–H and O–H groups in total. The van der Waals surface area contributed by atoms with E-state index in [1.54, 1.807) is 29.2 Å². The molecular formula is C21H21ClFNO2. The van der Waals surface area contributed by atoms with Crippen LogP contribution in [0.4, 0.5) is 4.39 Å². The van der Waals surface area contributed by atoms with Crippen LogP contribution in [0, 0.1) is 11.7 Å². The molecule has 2 aromatic carbocycles. The second kappa shape index (κ2) is 7.50. The van der Waals surface area contributed by atoms with Gasteiger partial charge in [0.1, 0.15) is 11.6 Å². The summed E-state index contributed by atoms with van der Waals surface area (Å²) in [5.74, 6) is -0.00989. The SMILES string of the molecule is CC(C)CC(=O)N1CC(c2cc(Cl)ccc2F)=CC1c1cccc(O)c1. The molecule has 1 unspecified atom stereocenters. The number of aromatic hydroxyl groups is 1. The molecule has 0 fully saturated rings. The number of phenolic OH excluding ortho intramolecular Hbond substituents is 1. The van der Waals surface area contributed by atoms with Gasteiger partial charge in [0.2, 0.25) is 5.91 Å². The largest absolute Gasteiger partial charge is 0.508 e. The van der Waals surface area contributed by atoms with Gasteiger partial charge in [0.15, 0.2) is 0 Å². The molecule has 26 heavy (non-hydrogen) atoms. The quantitative estimate of drug-likeness (QED) is 0.800. The summed E-state index contributed by atoms with van der Waals surface area (Å²) in [5, 5.41) is 10.3. The minimum atomic E-state index is -0.367. The van der Waals surface area contributed by atoms with Crippen LogP contribution >= 0.6 is 11.6 Å². The zero-order chi connectivity index (χ0) is 18.8. The van der Waals surface area contributed by atoms with Gasteiger partial charge < -0.3 is 10.0 Å². The van der Waals surface area contributed by atoms with Crippen LogP contribution in [0.1, 0.15) is 37.4 Å². The van der Waals surface area contributed by atoms with Crippen LogP contribution in [0.15, 0.2) is 48.5 Å². The Morgan fingerprint density at radius 1 is 1.31 bits per heavy atom. The molecule has 0 bridgehead atoms. The summed E-state index contributed by atoms with van der Waals surface area (Å²) in [6.07, 6.45) is 2.29. The molecule has 1 aliphatic heterocycles. The van der Waals surface area contributed by atoms with Gasteiger partial charge in [0, 0.05) is 23.6 Å². The molecule has 0 saturated carbocycles. The molecule has 0 saturated heterocycles. The van der Waals surface area contributed by atoms with Gasteiger partial charge in [-0.2, -0.15) is 0 Å². The molecule has 0 aliphatic carbocycles. The molecule has 0 spiro atoms. The third kappa shape index (κ3) is 3.91. The Labute approximate surface area is 157 Å². The minimum Gasteiger partial charge on any atom is -0.508 e. The lowest BCUT2D eigenvalue weighted by molar-refractivity contribution is -0.132. The molecule has 3 rings (SSSR count). The number of carbonyl (C=O) groups excluding carboxylic acids is 1. The summed E-state index contributed by atoms with van der Waals surface area (Å²) in [7, 11) is 0. The maximum atomic E-state index is 14.3. The van der Waals surface area contributed by atoms with E-state index in [1.165, 1.54) is 12.1 Å². The highest BCUT2D eigenvalue weighted by Crippen LogP contribution is 2.37. The highest BCUT2D eigenvalue weighted by atomic mass is 35.5. The lowest BCUT2D eigenvalue weighted by atomic mass is 10.0. The molecular weight excluding hydrogens is 353 g/mol. The normalized spacial score (nSPS) is 16.9. The van der Waals surface area contributed by atoms with Gasteiger partial charge in [0.05, 0.1) is 6.04 Å². The fraction of sp³-hybridized carbons (Fsp3) is 0.286. The van der Waals surface area contributed by atoms with Crippen LogP contribution in [0.2, 0.25) is 5.02 Å². The van der Waals surface area contributed by atoms with Crippen molar-refractivity contribution in [3.8, 4) is 5.75 Å². The highest BCUT2D eigenvalue weighted by Gasteiger charge is 2.31.